The summed E-state index contributed by atoms with van der Waals surface area (Å²) in [4.78, 5) is 8.96. The molecule has 3 N–H and O–H groups in total. The van der Waals surface area contributed by atoms with Gasteiger partial charge in [0.1, 0.15) is 5.01 Å². The first kappa shape index (κ1) is 19.8. The number of aromatic nitrogens is 1. The van der Waals surface area contributed by atoms with E-state index in [4.69, 9.17) is 28.9 Å². The summed E-state index contributed by atoms with van der Waals surface area (Å²) in [5.74, 6) is 1.05. The molecule has 1 aromatic heterocycles. The summed E-state index contributed by atoms with van der Waals surface area (Å²) in [6.45, 7) is 2.48. The van der Waals surface area contributed by atoms with Gasteiger partial charge in [-0.15, -0.1) is 35.3 Å². The van der Waals surface area contributed by atoms with Gasteiger partial charge in [0, 0.05) is 21.3 Å². The number of nitrogens with one attached hydrogen (secondary N) is 1. The van der Waals surface area contributed by atoms with Crippen molar-refractivity contribution in [2.24, 2.45) is 10.7 Å². The van der Waals surface area contributed by atoms with Gasteiger partial charge < -0.3 is 11.1 Å². The van der Waals surface area contributed by atoms with Crippen molar-refractivity contribution in [1.29, 1.82) is 0 Å². The fraction of sp³-hybridized carbons (Fsp3) is 0.375. The third-order valence-corrected chi connectivity index (χ3v) is 5.16. The molecule has 1 heterocycles. The van der Waals surface area contributed by atoms with Crippen molar-refractivity contribution >= 4 is 64.5 Å². The summed E-state index contributed by atoms with van der Waals surface area (Å²) in [6, 6.07) is 5.36. The van der Waals surface area contributed by atoms with Crippen LogP contribution in [0.4, 0.5) is 0 Å². The molecular formula is C16H19Cl2IN4S. The molecule has 0 aliphatic heterocycles. The summed E-state index contributed by atoms with van der Waals surface area (Å²) < 4.78 is 0. The van der Waals surface area contributed by atoms with Crippen LogP contribution in [0.3, 0.4) is 0 Å². The average Bonchev–Trinajstić information content (AvgIpc) is 3.24. The Balaban J connectivity index is 0.00000208. The molecule has 0 amide bonds. The fourth-order valence-corrected chi connectivity index (χ4v) is 3.69. The minimum absolute atomic E-state index is 0. The molecule has 24 heavy (non-hydrogen) atoms. The number of halogens is 3. The van der Waals surface area contributed by atoms with Gasteiger partial charge in [0.05, 0.1) is 18.3 Å². The minimum atomic E-state index is -0.0539. The lowest BCUT2D eigenvalue weighted by molar-refractivity contribution is 0.707. The van der Waals surface area contributed by atoms with E-state index in [2.05, 4.69) is 20.7 Å². The number of rotatable bonds is 5. The molecule has 1 aromatic carbocycles. The van der Waals surface area contributed by atoms with E-state index >= 15 is 0 Å². The van der Waals surface area contributed by atoms with Crippen molar-refractivity contribution in [3.63, 3.8) is 0 Å². The zero-order valence-electron chi connectivity index (χ0n) is 13.1. The summed E-state index contributed by atoms with van der Waals surface area (Å²) in [5, 5.41) is 7.49. The smallest absolute Gasteiger partial charge is 0.189 e. The molecule has 0 bridgehead atoms. The first-order valence-electron chi connectivity index (χ1n) is 7.48. The molecule has 2 aromatic rings. The predicted molar refractivity (Wildman–Crippen MR) is 113 cm³/mol. The summed E-state index contributed by atoms with van der Waals surface area (Å²) in [6.07, 6.45) is 2.52. The van der Waals surface area contributed by atoms with Crippen molar-refractivity contribution in [1.82, 2.24) is 10.3 Å². The number of hydrogen-bond acceptors (Lipinski definition) is 3. The van der Waals surface area contributed by atoms with Crippen LogP contribution in [0, 0.1) is 0 Å². The van der Waals surface area contributed by atoms with E-state index in [1.54, 1.807) is 17.4 Å². The number of guanidine groups is 1. The Kier molecular flexibility index (Phi) is 7.15. The zero-order chi connectivity index (χ0) is 16.4. The molecule has 8 heteroatoms. The molecule has 0 saturated heterocycles. The molecule has 0 radical (unpaired) electrons. The van der Waals surface area contributed by atoms with Gasteiger partial charge in [-0.05, 0) is 37.5 Å². The maximum Gasteiger partial charge on any atom is 0.189 e. The largest absolute Gasteiger partial charge is 0.370 e. The molecule has 130 valence electrons. The first-order valence-corrected chi connectivity index (χ1v) is 9.12. The average molecular weight is 497 g/mol. The number of benzene rings is 1. The van der Waals surface area contributed by atoms with Crippen LogP contribution in [0.25, 0.3) is 0 Å². The van der Waals surface area contributed by atoms with Crippen molar-refractivity contribution in [2.75, 3.05) is 0 Å². The second-order valence-corrected chi connectivity index (χ2v) is 7.46. The number of thiazole rings is 1. The Morgan fingerprint density at radius 3 is 2.88 bits per heavy atom. The van der Waals surface area contributed by atoms with E-state index in [-0.39, 0.29) is 30.0 Å². The normalized spacial score (nSPS) is 15.7. The summed E-state index contributed by atoms with van der Waals surface area (Å²) in [5.41, 5.74) is 8.10. The number of aliphatic imine (C=N–C) groups is 1. The molecule has 1 saturated carbocycles. The second kappa shape index (κ2) is 8.69. The summed E-state index contributed by atoms with van der Waals surface area (Å²) in [7, 11) is 0. The summed E-state index contributed by atoms with van der Waals surface area (Å²) >= 11 is 13.8. The highest BCUT2D eigenvalue weighted by Gasteiger charge is 2.25. The topological polar surface area (TPSA) is 63.3 Å². The minimum Gasteiger partial charge on any atom is -0.370 e. The highest BCUT2D eigenvalue weighted by Crippen LogP contribution is 2.40. The Labute approximate surface area is 172 Å². The van der Waals surface area contributed by atoms with Crippen molar-refractivity contribution in [2.45, 2.75) is 38.3 Å². The maximum atomic E-state index is 6.21. The molecule has 1 aliphatic carbocycles. The van der Waals surface area contributed by atoms with Gasteiger partial charge in [0.2, 0.25) is 0 Å². The Bertz CT molecular complexity index is 731. The van der Waals surface area contributed by atoms with Crippen LogP contribution in [-0.2, 0) is 6.54 Å². The van der Waals surface area contributed by atoms with Crippen molar-refractivity contribution < 1.29 is 0 Å². The van der Waals surface area contributed by atoms with Crippen molar-refractivity contribution in [3.05, 3.63) is 49.9 Å². The van der Waals surface area contributed by atoms with Crippen LogP contribution in [-0.4, -0.2) is 10.9 Å². The molecule has 1 fully saturated rings. The molecular weight excluding hydrogens is 478 g/mol. The van der Waals surface area contributed by atoms with Gasteiger partial charge in [-0.25, -0.2) is 9.98 Å². The standard InChI is InChI=1S/C16H18Cl2N4S.HI/c1-9(12-5-4-11(17)6-13(12)18)21-16(19)20-7-15-22-14(8-23-15)10-2-3-10;/h4-6,8-10H,2-3,7H2,1H3,(H3,19,20,21);1H. The van der Waals surface area contributed by atoms with Crippen molar-refractivity contribution in [3.8, 4) is 0 Å². The molecule has 0 spiro atoms. The van der Waals surface area contributed by atoms with E-state index in [9.17, 15) is 0 Å². The molecule has 1 atom stereocenters. The van der Waals surface area contributed by atoms with Crippen LogP contribution < -0.4 is 11.1 Å². The van der Waals surface area contributed by atoms with Crippen LogP contribution >= 0.6 is 58.5 Å². The number of nitrogens with zero attached hydrogens (tertiary/aromatic N) is 2. The van der Waals surface area contributed by atoms with Gasteiger partial charge in [0.15, 0.2) is 5.96 Å². The van der Waals surface area contributed by atoms with Gasteiger partial charge in [-0.3, -0.25) is 0 Å². The Hall–Kier alpha value is -0.570. The first-order chi connectivity index (χ1) is 11.0. The quantitative estimate of drug-likeness (QED) is 0.343. The highest BCUT2D eigenvalue weighted by molar-refractivity contribution is 14.0. The van der Waals surface area contributed by atoms with Gasteiger partial charge in [-0.1, -0.05) is 29.3 Å². The predicted octanol–water partition coefficient (Wildman–Crippen LogP) is 5.11. The van der Waals surface area contributed by atoms with E-state index < -0.39 is 0 Å². The monoisotopic (exact) mass is 496 g/mol. The maximum absolute atomic E-state index is 6.21. The number of hydrogen-bond donors (Lipinski definition) is 2. The van der Waals surface area contributed by atoms with E-state index in [0.29, 0.717) is 28.5 Å². The van der Waals surface area contributed by atoms with Gasteiger partial charge >= 0.3 is 0 Å². The lowest BCUT2D eigenvalue weighted by atomic mass is 10.1. The molecule has 3 rings (SSSR count). The van der Waals surface area contributed by atoms with Gasteiger partial charge in [-0.2, -0.15) is 0 Å². The van der Waals surface area contributed by atoms with Crippen LogP contribution in [0.1, 0.15) is 48.0 Å². The Morgan fingerprint density at radius 2 is 2.21 bits per heavy atom. The van der Waals surface area contributed by atoms with Crippen LogP contribution in [0.2, 0.25) is 10.0 Å². The SMILES string of the molecule is CC(NC(N)=NCc1nc(C2CC2)cs1)c1ccc(Cl)cc1Cl.I. The molecule has 1 unspecified atom stereocenters. The van der Waals surface area contributed by atoms with Crippen LogP contribution in [0.15, 0.2) is 28.6 Å². The van der Waals surface area contributed by atoms with E-state index in [1.165, 1.54) is 18.5 Å². The lowest BCUT2D eigenvalue weighted by Crippen LogP contribution is -2.34. The second-order valence-electron chi connectivity index (χ2n) is 5.67. The van der Waals surface area contributed by atoms with Crippen LogP contribution in [0.5, 0.6) is 0 Å². The Morgan fingerprint density at radius 1 is 1.46 bits per heavy atom. The van der Waals surface area contributed by atoms with E-state index in [0.717, 1.165) is 10.6 Å². The van der Waals surface area contributed by atoms with E-state index in [1.807, 2.05) is 19.1 Å². The molecule has 1 aliphatic rings. The zero-order valence-corrected chi connectivity index (χ0v) is 17.8. The molecule has 4 nitrogen and oxygen atoms in total. The fourth-order valence-electron chi connectivity index (χ4n) is 2.32. The lowest BCUT2D eigenvalue weighted by Gasteiger charge is -2.16. The number of nitrogens with two attached hydrogens (primary N) is 1. The highest BCUT2D eigenvalue weighted by atomic mass is 127. The third-order valence-electron chi connectivity index (χ3n) is 3.74. The van der Waals surface area contributed by atoms with Gasteiger partial charge in [0.25, 0.3) is 0 Å². The third kappa shape index (κ3) is 5.21.